The van der Waals surface area contributed by atoms with Crippen molar-refractivity contribution in [2.24, 2.45) is 0 Å². The third-order valence-corrected chi connectivity index (χ3v) is 5.98. The molecule has 1 heterocycles. The van der Waals surface area contributed by atoms with E-state index in [0.717, 1.165) is 33.8 Å². The number of nitrogens with one attached hydrogen (secondary N) is 1. The van der Waals surface area contributed by atoms with Crippen LogP contribution >= 0.6 is 0 Å². The zero-order valence-electron chi connectivity index (χ0n) is 25.4. The highest BCUT2D eigenvalue weighted by Crippen LogP contribution is 2.30. The molecular weight excluding hydrogens is 632 g/mol. The summed E-state index contributed by atoms with van der Waals surface area (Å²) in [6.45, 7) is 3.45. The number of carbonyl (C=O) groups is 6. The summed E-state index contributed by atoms with van der Waals surface area (Å²) in [6.07, 6.45) is -9.95. The zero-order chi connectivity index (χ0) is 34.7. The van der Waals surface area contributed by atoms with Crippen LogP contribution in [0.3, 0.4) is 0 Å². The predicted molar refractivity (Wildman–Crippen MR) is 152 cm³/mol. The molecule has 0 saturated carbocycles. The summed E-state index contributed by atoms with van der Waals surface area (Å²) >= 11 is 0. The van der Waals surface area contributed by atoms with Gasteiger partial charge in [-0.05, 0) is 23.8 Å². The molecule has 0 bridgehead atoms. The van der Waals surface area contributed by atoms with Gasteiger partial charge < -0.3 is 37.9 Å². The fourth-order valence-corrected chi connectivity index (χ4v) is 4.18. The van der Waals surface area contributed by atoms with E-state index in [2.05, 4.69) is 5.32 Å². The van der Waals surface area contributed by atoms with Crippen molar-refractivity contribution >= 4 is 47.5 Å². The minimum atomic E-state index is -1.74. The molecule has 1 aliphatic rings. The molecule has 2 aromatic rings. The van der Waals surface area contributed by atoms with E-state index in [1.165, 1.54) is 42.5 Å². The number of anilines is 1. The van der Waals surface area contributed by atoms with Crippen LogP contribution in [0.5, 0.6) is 5.75 Å². The van der Waals surface area contributed by atoms with E-state index in [1.54, 1.807) is 0 Å². The highest BCUT2D eigenvalue weighted by atomic mass is 16.8. The molecule has 47 heavy (non-hydrogen) atoms. The molecule has 0 unspecified atom stereocenters. The van der Waals surface area contributed by atoms with Crippen molar-refractivity contribution in [3.8, 4) is 5.75 Å². The quantitative estimate of drug-likeness (QED) is 0.120. The van der Waals surface area contributed by atoms with Crippen molar-refractivity contribution in [1.82, 2.24) is 0 Å². The van der Waals surface area contributed by atoms with Crippen molar-refractivity contribution in [2.75, 3.05) is 11.9 Å². The summed E-state index contributed by atoms with van der Waals surface area (Å²) in [5, 5.41) is 13.5. The number of nitrogens with zero attached hydrogens (tertiary/aromatic N) is 1. The second kappa shape index (κ2) is 16.5. The largest absolute Gasteiger partial charge is 0.514 e. The van der Waals surface area contributed by atoms with Gasteiger partial charge in [0.1, 0.15) is 19.3 Å². The number of carbonyl (C=O) groups excluding carboxylic acids is 6. The van der Waals surface area contributed by atoms with Crippen LogP contribution in [0.25, 0.3) is 0 Å². The number of nitro benzene ring substituents is 1. The van der Waals surface area contributed by atoms with Gasteiger partial charge in [0, 0.05) is 39.4 Å². The molecule has 1 fully saturated rings. The summed E-state index contributed by atoms with van der Waals surface area (Å²) in [6, 6.07) is 11.0. The maximum absolute atomic E-state index is 12.9. The number of benzene rings is 2. The fourth-order valence-electron chi connectivity index (χ4n) is 4.18. The monoisotopic (exact) mass is 662 g/mol. The van der Waals surface area contributed by atoms with Gasteiger partial charge in [0.05, 0.1) is 4.92 Å². The standard InChI is InChI=1S/C29H30N2O16/c1-15(32)40-14-23-24(42-16(2)33)25(43-17(3)34)26(44-18(4)35)27(45-23)47-28(36)30-20-11-9-19(10-12-20)13-41-29(37)46-22-8-6-5-7-21(22)31(38)39/h5-12,23-27H,13-14H2,1-4H3,(H,30,36)/t23-,24+,25+,26-,27-/m1/s1. The molecule has 1 aliphatic heterocycles. The van der Waals surface area contributed by atoms with E-state index in [4.69, 9.17) is 37.9 Å². The molecule has 252 valence electrons. The lowest BCUT2D eigenvalue weighted by Gasteiger charge is -2.43. The third-order valence-electron chi connectivity index (χ3n) is 5.98. The molecule has 0 radical (unpaired) electrons. The molecule has 0 aromatic heterocycles. The van der Waals surface area contributed by atoms with E-state index in [1.807, 2.05) is 0 Å². The molecular formula is C29H30N2O16. The first-order valence-electron chi connectivity index (χ1n) is 13.7. The summed E-state index contributed by atoms with van der Waals surface area (Å²) in [4.78, 5) is 82.5. The Morgan fingerprint density at radius 2 is 1.36 bits per heavy atom. The summed E-state index contributed by atoms with van der Waals surface area (Å²) in [5.41, 5.74) is 0.213. The molecule has 1 N–H and O–H groups in total. The van der Waals surface area contributed by atoms with Gasteiger partial charge in [0.15, 0.2) is 12.2 Å². The second-order valence-electron chi connectivity index (χ2n) is 9.66. The number of amides is 1. The Morgan fingerprint density at radius 3 is 1.96 bits per heavy atom. The number of hydrogen-bond donors (Lipinski definition) is 1. The molecule has 5 atom stereocenters. The van der Waals surface area contributed by atoms with Crippen LogP contribution < -0.4 is 10.1 Å². The Hall–Kier alpha value is -5.78. The lowest BCUT2D eigenvalue weighted by atomic mass is 9.98. The number of hydrogen-bond acceptors (Lipinski definition) is 16. The van der Waals surface area contributed by atoms with Crippen LogP contribution in [-0.4, -0.2) is 78.4 Å². The average molecular weight is 663 g/mol. The van der Waals surface area contributed by atoms with Crippen molar-refractivity contribution < 1.29 is 71.6 Å². The van der Waals surface area contributed by atoms with Crippen LogP contribution in [0.15, 0.2) is 48.5 Å². The molecule has 18 nitrogen and oxygen atoms in total. The Bertz CT molecular complexity index is 1490. The average Bonchev–Trinajstić information content (AvgIpc) is 2.98. The maximum Gasteiger partial charge on any atom is 0.514 e. The predicted octanol–water partition coefficient (Wildman–Crippen LogP) is 2.94. The van der Waals surface area contributed by atoms with E-state index in [0.29, 0.717) is 5.56 Å². The van der Waals surface area contributed by atoms with E-state index in [-0.39, 0.29) is 18.0 Å². The van der Waals surface area contributed by atoms with Gasteiger partial charge in [-0.3, -0.25) is 34.6 Å². The Balaban J connectivity index is 1.68. The van der Waals surface area contributed by atoms with Gasteiger partial charge in [-0.1, -0.05) is 24.3 Å². The third kappa shape index (κ3) is 11.0. The highest BCUT2D eigenvalue weighted by Gasteiger charge is 2.53. The smallest absolute Gasteiger partial charge is 0.463 e. The molecule has 3 rings (SSSR count). The minimum Gasteiger partial charge on any atom is -0.463 e. The van der Waals surface area contributed by atoms with Crippen LogP contribution in [0, 0.1) is 10.1 Å². The highest BCUT2D eigenvalue weighted by molar-refractivity contribution is 5.84. The molecule has 0 aliphatic carbocycles. The molecule has 2 aromatic carbocycles. The fraction of sp³-hybridized carbons (Fsp3) is 0.379. The van der Waals surface area contributed by atoms with E-state index in [9.17, 15) is 38.9 Å². The number of rotatable bonds is 11. The first kappa shape index (κ1) is 35.7. The maximum atomic E-state index is 12.9. The number of para-hydroxylation sites is 2. The van der Waals surface area contributed by atoms with Crippen LogP contribution in [0.4, 0.5) is 21.0 Å². The van der Waals surface area contributed by atoms with E-state index < -0.39 is 84.0 Å². The first-order chi connectivity index (χ1) is 22.2. The van der Waals surface area contributed by atoms with Gasteiger partial charge in [0.25, 0.3) is 0 Å². The Kier molecular flexibility index (Phi) is 12.5. The number of ether oxygens (including phenoxy) is 8. The lowest BCUT2D eigenvalue weighted by Crippen LogP contribution is -2.63. The molecule has 1 saturated heterocycles. The van der Waals surface area contributed by atoms with Crippen molar-refractivity contribution in [2.45, 2.75) is 65.0 Å². The minimum absolute atomic E-state index is 0.187. The Labute approximate surface area is 266 Å². The van der Waals surface area contributed by atoms with Gasteiger partial charge >= 0.3 is 41.8 Å². The molecule has 18 heteroatoms. The van der Waals surface area contributed by atoms with Crippen molar-refractivity contribution in [3.05, 3.63) is 64.2 Å². The Morgan fingerprint density at radius 1 is 0.766 bits per heavy atom. The first-order valence-corrected chi connectivity index (χ1v) is 13.7. The summed E-state index contributed by atoms with van der Waals surface area (Å²) < 4.78 is 41.7. The number of esters is 4. The zero-order valence-corrected chi connectivity index (χ0v) is 25.4. The van der Waals surface area contributed by atoms with Gasteiger partial charge in [0.2, 0.25) is 18.1 Å². The lowest BCUT2D eigenvalue weighted by molar-refractivity contribution is -0.385. The van der Waals surface area contributed by atoms with Crippen LogP contribution in [-0.2, 0) is 58.9 Å². The van der Waals surface area contributed by atoms with Gasteiger partial charge in [-0.25, -0.2) is 9.59 Å². The normalized spacial score (nSPS) is 20.0. The molecule has 1 amide bonds. The summed E-state index contributed by atoms with van der Waals surface area (Å²) in [7, 11) is 0. The molecule has 0 spiro atoms. The second-order valence-corrected chi connectivity index (χ2v) is 9.66. The van der Waals surface area contributed by atoms with Crippen molar-refractivity contribution in [1.29, 1.82) is 0 Å². The van der Waals surface area contributed by atoms with E-state index >= 15 is 0 Å². The topological polar surface area (TPSA) is 231 Å². The number of nitro groups is 1. The van der Waals surface area contributed by atoms with Crippen molar-refractivity contribution in [3.63, 3.8) is 0 Å². The summed E-state index contributed by atoms with van der Waals surface area (Å²) in [5.74, 6) is -3.58. The SMILES string of the molecule is CC(=O)OC[C@H]1O[C@H](OC(=O)Nc2ccc(COC(=O)Oc3ccccc3[N+](=O)[O-])cc2)[C@H](OC(C)=O)[C@@H](OC(C)=O)[C@H]1OC(C)=O. The van der Waals surface area contributed by atoms with Gasteiger partial charge in [-0.15, -0.1) is 0 Å². The van der Waals surface area contributed by atoms with Crippen LogP contribution in [0.1, 0.15) is 33.3 Å². The van der Waals surface area contributed by atoms with Gasteiger partial charge in [-0.2, -0.15) is 0 Å². The van der Waals surface area contributed by atoms with Crippen LogP contribution in [0.2, 0.25) is 0 Å².